The van der Waals surface area contributed by atoms with Gasteiger partial charge in [-0.1, -0.05) is 77.4 Å². The van der Waals surface area contributed by atoms with Crippen LogP contribution in [0.3, 0.4) is 0 Å². The van der Waals surface area contributed by atoms with Gasteiger partial charge in [0.1, 0.15) is 0 Å². The smallest absolute Gasteiger partial charge is 0.220 e. The van der Waals surface area contributed by atoms with Gasteiger partial charge in [-0.15, -0.1) is 0 Å². The zero-order valence-corrected chi connectivity index (χ0v) is 15.0. The Balaban J connectivity index is 3.60. The molecule has 0 heterocycles. The fourth-order valence-corrected chi connectivity index (χ4v) is 2.49. The largest absolute Gasteiger partial charge is 0.391 e. The molecule has 3 N–H and O–H groups in total. The summed E-state index contributed by atoms with van der Waals surface area (Å²) < 4.78 is 0. The molecule has 0 spiro atoms. The standard InChI is InChI=1S/C17H34N2OS/c1-4-6-7-8-9-10-11-12-13-14-15(20)19-17(3,5-2)16(18)21/h4-14H2,1-3H3,(H2,18,21)(H,19,20). The quantitative estimate of drug-likeness (QED) is 0.389. The van der Waals surface area contributed by atoms with E-state index in [1.54, 1.807) is 0 Å². The molecule has 1 amide bonds. The number of hydrogen-bond donors (Lipinski definition) is 2. The molecule has 0 aliphatic rings. The SMILES string of the molecule is CCCCCCCCCCCC(=O)NC(C)(CC)C(N)=S. The number of unbranched alkanes of at least 4 members (excludes halogenated alkanes) is 8. The minimum absolute atomic E-state index is 0.0649. The molecule has 21 heavy (non-hydrogen) atoms. The van der Waals surface area contributed by atoms with Crippen LogP contribution in [0, 0.1) is 0 Å². The van der Waals surface area contributed by atoms with Gasteiger partial charge in [-0.25, -0.2) is 0 Å². The van der Waals surface area contributed by atoms with Crippen molar-refractivity contribution in [3.8, 4) is 0 Å². The maximum Gasteiger partial charge on any atom is 0.220 e. The number of hydrogen-bond acceptors (Lipinski definition) is 2. The van der Waals surface area contributed by atoms with Crippen LogP contribution < -0.4 is 11.1 Å². The first-order valence-corrected chi connectivity index (χ1v) is 8.98. The summed E-state index contributed by atoms with van der Waals surface area (Å²) in [7, 11) is 0. The molecule has 0 rings (SSSR count). The van der Waals surface area contributed by atoms with Crippen LogP contribution in [0.15, 0.2) is 0 Å². The molecule has 0 aromatic heterocycles. The predicted octanol–water partition coefficient (Wildman–Crippen LogP) is 4.48. The van der Waals surface area contributed by atoms with Crippen LogP contribution in [0.1, 0.15) is 91.4 Å². The van der Waals surface area contributed by atoms with E-state index in [2.05, 4.69) is 12.2 Å². The lowest BCUT2D eigenvalue weighted by molar-refractivity contribution is -0.122. The zero-order chi connectivity index (χ0) is 16.1. The lowest BCUT2D eigenvalue weighted by Gasteiger charge is -2.28. The van der Waals surface area contributed by atoms with Crippen LogP contribution in [0.5, 0.6) is 0 Å². The van der Waals surface area contributed by atoms with Gasteiger partial charge in [0.05, 0.1) is 10.5 Å². The molecular weight excluding hydrogens is 280 g/mol. The molecule has 1 unspecified atom stereocenters. The van der Waals surface area contributed by atoms with Crippen molar-refractivity contribution in [2.24, 2.45) is 5.73 Å². The number of carbonyl (C=O) groups is 1. The summed E-state index contributed by atoms with van der Waals surface area (Å²) in [4.78, 5) is 12.3. The van der Waals surface area contributed by atoms with Crippen LogP contribution >= 0.6 is 12.2 Å². The topological polar surface area (TPSA) is 55.1 Å². The number of thiocarbonyl (C=S) groups is 1. The van der Waals surface area contributed by atoms with E-state index in [1.807, 2.05) is 13.8 Å². The summed E-state index contributed by atoms with van der Waals surface area (Å²) in [5, 5.41) is 2.96. The van der Waals surface area contributed by atoms with Crippen LogP contribution in [-0.4, -0.2) is 16.4 Å². The number of nitrogens with two attached hydrogens (primary N) is 1. The Morgan fingerprint density at radius 1 is 1.00 bits per heavy atom. The first kappa shape index (κ1) is 20.4. The van der Waals surface area contributed by atoms with Crippen molar-refractivity contribution in [1.29, 1.82) is 0 Å². The zero-order valence-electron chi connectivity index (χ0n) is 14.2. The molecular formula is C17H34N2OS. The highest BCUT2D eigenvalue weighted by atomic mass is 32.1. The van der Waals surface area contributed by atoms with E-state index in [9.17, 15) is 4.79 Å². The fraction of sp³-hybridized carbons (Fsp3) is 0.882. The minimum atomic E-state index is -0.536. The summed E-state index contributed by atoms with van der Waals surface area (Å²) in [6.45, 7) is 6.12. The van der Waals surface area contributed by atoms with Crippen molar-refractivity contribution in [2.75, 3.05) is 0 Å². The third-order valence-corrected chi connectivity index (χ3v) is 4.62. The maximum atomic E-state index is 11.9. The third kappa shape index (κ3) is 9.83. The summed E-state index contributed by atoms with van der Waals surface area (Å²) in [5.74, 6) is 0.0649. The van der Waals surface area contributed by atoms with Crippen molar-refractivity contribution in [2.45, 2.75) is 96.9 Å². The Bertz CT molecular complexity index is 307. The van der Waals surface area contributed by atoms with Gasteiger partial charge in [0.2, 0.25) is 5.91 Å². The average Bonchev–Trinajstić information content (AvgIpc) is 2.45. The molecule has 0 aromatic rings. The summed E-state index contributed by atoms with van der Waals surface area (Å²) in [6, 6.07) is 0. The molecule has 0 aromatic carbocycles. The Morgan fingerprint density at radius 3 is 1.90 bits per heavy atom. The number of nitrogens with one attached hydrogen (secondary N) is 1. The Hall–Kier alpha value is -0.640. The first-order chi connectivity index (χ1) is 9.96. The van der Waals surface area contributed by atoms with Crippen LogP contribution in [0.4, 0.5) is 0 Å². The molecule has 0 saturated heterocycles. The van der Waals surface area contributed by atoms with Gasteiger partial charge in [0.25, 0.3) is 0 Å². The summed E-state index contributed by atoms with van der Waals surface area (Å²) in [6.07, 6.45) is 12.7. The second-order valence-corrected chi connectivity index (χ2v) is 6.62. The normalized spacial score (nSPS) is 13.7. The van der Waals surface area contributed by atoms with E-state index in [0.717, 1.165) is 19.3 Å². The monoisotopic (exact) mass is 314 g/mol. The van der Waals surface area contributed by atoms with E-state index >= 15 is 0 Å². The van der Waals surface area contributed by atoms with Gasteiger partial charge in [0.15, 0.2) is 0 Å². The van der Waals surface area contributed by atoms with E-state index < -0.39 is 5.54 Å². The van der Waals surface area contributed by atoms with Gasteiger partial charge >= 0.3 is 0 Å². The predicted molar refractivity (Wildman–Crippen MR) is 95.5 cm³/mol. The average molecular weight is 315 g/mol. The highest BCUT2D eigenvalue weighted by Crippen LogP contribution is 2.12. The first-order valence-electron chi connectivity index (χ1n) is 8.57. The molecule has 3 nitrogen and oxygen atoms in total. The minimum Gasteiger partial charge on any atom is -0.391 e. The van der Waals surface area contributed by atoms with E-state index in [1.165, 1.54) is 44.9 Å². The van der Waals surface area contributed by atoms with Gasteiger partial charge in [-0.05, 0) is 19.8 Å². The van der Waals surface area contributed by atoms with Gasteiger partial charge in [-0.2, -0.15) is 0 Å². The highest BCUT2D eigenvalue weighted by molar-refractivity contribution is 7.80. The van der Waals surface area contributed by atoms with E-state index in [-0.39, 0.29) is 5.91 Å². The molecule has 124 valence electrons. The summed E-state index contributed by atoms with van der Waals surface area (Å²) in [5.41, 5.74) is 5.15. The van der Waals surface area contributed by atoms with Crippen molar-refractivity contribution in [1.82, 2.24) is 5.32 Å². The molecule has 0 radical (unpaired) electrons. The lowest BCUT2D eigenvalue weighted by atomic mass is 9.98. The molecule has 0 saturated carbocycles. The van der Waals surface area contributed by atoms with E-state index in [0.29, 0.717) is 11.4 Å². The van der Waals surface area contributed by atoms with E-state index in [4.69, 9.17) is 18.0 Å². The summed E-state index contributed by atoms with van der Waals surface area (Å²) >= 11 is 5.02. The molecule has 0 aliphatic heterocycles. The highest BCUT2D eigenvalue weighted by Gasteiger charge is 2.26. The van der Waals surface area contributed by atoms with Gasteiger partial charge in [-0.3, -0.25) is 4.79 Å². The molecule has 0 aliphatic carbocycles. The van der Waals surface area contributed by atoms with Crippen molar-refractivity contribution >= 4 is 23.1 Å². The molecule has 0 bridgehead atoms. The van der Waals surface area contributed by atoms with Crippen LogP contribution in [0.25, 0.3) is 0 Å². The Labute approximate surface area is 136 Å². The second-order valence-electron chi connectivity index (χ2n) is 6.18. The Kier molecular flexibility index (Phi) is 11.6. The second kappa shape index (κ2) is 12.0. The lowest BCUT2D eigenvalue weighted by Crippen LogP contribution is -2.54. The van der Waals surface area contributed by atoms with Crippen molar-refractivity contribution < 1.29 is 4.79 Å². The van der Waals surface area contributed by atoms with Gasteiger partial charge in [0, 0.05) is 6.42 Å². The van der Waals surface area contributed by atoms with Crippen molar-refractivity contribution in [3.63, 3.8) is 0 Å². The molecule has 0 fully saturated rings. The van der Waals surface area contributed by atoms with Crippen LogP contribution in [0.2, 0.25) is 0 Å². The third-order valence-electron chi connectivity index (χ3n) is 4.17. The molecule has 1 atom stereocenters. The number of amides is 1. The molecule has 4 heteroatoms. The number of rotatable bonds is 13. The van der Waals surface area contributed by atoms with Crippen molar-refractivity contribution in [3.05, 3.63) is 0 Å². The Morgan fingerprint density at radius 2 is 1.48 bits per heavy atom. The van der Waals surface area contributed by atoms with Crippen LogP contribution in [-0.2, 0) is 4.79 Å². The van der Waals surface area contributed by atoms with Gasteiger partial charge < -0.3 is 11.1 Å². The number of carbonyl (C=O) groups excluding carboxylic acids is 1. The fourth-order valence-electron chi connectivity index (χ4n) is 2.29. The maximum absolute atomic E-state index is 11.9.